The zero-order valence-electron chi connectivity index (χ0n) is 16.2. The molecule has 8 heteroatoms. The number of carbonyl (C=O) groups is 1. The molecule has 1 aromatic heterocycles. The largest absolute Gasteiger partial charge is 0.490 e. The van der Waals surface area contributed by atoms with E-state index >= 15 is 0 Å². The molecule has 2 aromatic rings. The standard InChI is InChI=1S/C20H26N4O3S/c1-3-11-27-16-9-5-14(12-17(16)26-4-2)6-10-19(25)21-13-18-22-23-20(28)24(18)15-7-8-15/h5-6,9-10,12,15H,3-4,7-8,11,13H2,1-2H3,(H,21,25)(H,23,28)/b10-6+. The number of nitrogens with one attached hydrogen (secondary N) is 2. The summed E-state index contributed by atoms with van der Waals surface area (Å²) in [6.45, 7) is 5.50. The van der Waals surface area contributed by atoms with E-state index in [1.54, 1.807) is 6.08 Å². The summed E-state index contributed by atoms with van der Waals surface area (Å²) in [5.41, 5.74) is 0.864. The highest BCUT2D eigenvalue weighted by molar-refractivity contribution is 7.71. The fourth-order valence-corrected chi connectivity index (χ4v) is 3.10. The van der Waals surface area contributed by atoms with Gasteiger partial charge in [-0.05, 0) is 62.2 Å². The number of aromatic nitrogens is 3. The summed E-state index contributed by atoms with van der Waals surface area (Å²) >= 11 is 5.25. The van der Waals surface area contributed by atoms with Gasteiger partial charge in [0.25, 0.3) is 0 Å². The Bertz CT molecular complexity index is 899. The van der Waals surface area contributed by atoms with Crippen molar-refractivity contribution in [2.75, 3.05) is 13.2 Å². The molecule has 1 fully saturated rings. The van der Waals surface area contributed by atoms with Crippen molar-refractivity contribution in [1.82, 2.24) is 20.1 Å². The Morgan fingerprint density at radius 3 is 2.89 bits per heavy atom. The van der Waals surface area contributed by atoms with Crippen LogP contribution in [0.25, 0.3) is 6.08 Å². The van der Waals surface area contributed by atoms with Crippen LogP contribution in [0.2, 0.25) is 0 Å². The third-order valence-corrected chi connectivity index (χ3v) is 4.55. The van der Waals surface area contributed by atoms with Gasteiger partial charge in [0, 0.05) is 12.1 Å². The molecule has 1 aromatic carbocycles. The zero-order chi connectivity index (χ0) is 19.9. The summed E-state index contributed by atoms with van der Waals surface area (Å²) in [7, 11) is 0. The normalized spacial score (nSPS) is 13.6. The summed E-state index contributed by atoms with van der Waals surface area (Å²) in [5, 5.41) is 9.86. The highest BCUT2D eigenvalue weighted by atomic mass is 32.1. The molecular weight excluding hydrogens is 376 g/mol. The molecule has 28 heavy (non-hydrogen) atoms. The van der Waals surface area contributed by atoms with Crippen molar-refractivity contribution in [3.63, 3.8) is 0 Å². The highest BCUT2D eigenvalue weighted by Crippen LogP contribution is 2.35. The second-order valence-corrected chi connectivity index (χ2v) is 6.97. The molecule has 7 nitrogen and oxygen atoms in total. The predicted octanol–water partition coefficient (Wildman–Crippen LogP) is 3.79. The number of rotatable bonds is 10. The Balaban J connectivity index is 1.60. The van der Waals surface area contributed by atoms with Crippen LogP contribution in [0, 0.1) is 4.77 Å². The number of nitrogens with zero attached hydrogens (tertiary/aromatic N) is 2. The van der Waals surface area contributed by atoms with Gasteiger partial charge in [-0.2, -0.15) is 5.10 Å². The average Bonchev–Trinajstić information content (AvgIpc) is 3.46. The Morgan fingerprint density at radius 1 is 1.36 bits per heavy atom. The minimum Gasteiger partial charge on any atom is -0.490 e. The van der Waals surface area contributed by atoms with Crippen LogP contribution in [0.3, 0.4) is 0 Å². The molecule has 0 saturated heterocycles. The van der Waals surface area contributed by atoms with Crippen molar-refractivity contribution in [1.29, 1.82) is 0 Å². The first-order valence-electron chi connectivity index (χ1n) is 9.63. The van der Waals surface area contributed by atoms with Crippen LogP contribution in [0.15, 0.2) is 24.3 Å². The van der Waals surface area contributed by atoms with E-state index in [4.69, 9.17) is 21.7 Å². The number of H-pyrrole nitrogens is 1. The molecule has 0 radical (unpaired) electrons. The molecule has 0 bridgehead atoms. The molecule has 0 aliphatic heterocycles. The molecule has 2 N–H and O–H groups in total. The lowest BCUT2D eigenvalue weighted by molar-refractivity contribution is -0.116. The molecule has 0 spiro atoms. The first-order chi connectivity index (χ1) is 13.6. The van der Waals surface area contributed by atoms with E-state index < -0.39 is 0 Å². The Labute approximate surface area is 169 Å². The second kappa shape index (κ2) is 9.54. The fourth-order valence-electron chi connectivity index (χ4n) is 2.80. The van der Waals surface area contributed by atoms with Crippen LogP contribution in [0.5, 0.6) is 11.5 Å². The van der Waals surface area contributed by atoms with E-state index in [-0.39, 0.29) is 5.91 Å². The van der Waals surface area contributed by atoms with E-state index in [1.165, 1.54) is 6.08 Å². The molecule has 0 unspecified atom stereocenters. The van der Waals surface area contributed by atoms with E-state index in [0.29, 0.717) is 42.1 Å². The van der Waals surface area contributed by atoms with Crippen molar-refractivity contribution < 1.29 is 14.3 Å². The van der Waals surface area contributed by atoms with Crippen LogP contribution >= 0.6 is 12.2 Å². The van der Waals surface area contributed by atoms with Gasteiger partial charge in [-0.3, -0.25) is 14.5 Å². The minimum atomic E-state index is -0.194. The van der Waals surface area contributed by atoms with E-state index in [9.17, 15) is 4.79 Å². The minimum absolute atomic E-state index is 0.194. The Hall–Kier alpha value is -2.61. The predicted molar refractivity (Wildman–Crippen MR) is 110 cm³/mol. The topological polar surface area (TPSA) is 81.2 Å². The molecule has 1 aliphatic carbocycles. The van der Waals surface area contributed by atoms with Crippen molar-refractivity contribution in [3.05, 3.63) is 40.4 Å². The first-order valence-corrected chi connectivity index (χ1v) is 10.0. The molecule has 150 valence electrons. The van der Waals surface area contributed by atoms with Crippen LogP contribution in [-0.2, 0) is 11.3 Å². The van der Waals surface area contributed by atoms with Crippen LogP contribution in [0.1, 0.15) is 50.5 Å². The Kier molecular flexibility index (Phi) is 6.86. The van der Waals surface area contributed by atoms with Gasteiger partial charge in [0.05, 0.1) is 19.8 Å². The fraction of sp³-hybridized carbons (Fsp3) is 0.450. The number of hydrogen-bond acceptors (Lipinski definition) is 5. The van der Waals surface area contributed by atoms with Gasteiger partial charge < -0.3 is 14.8 Å². The molecule has 1 aliphatic rings. The maximum atomic E-state index is 12.2. The third-order valence-electron chi connectivity index (χ3n) is 4.27. The quantitative estimate of drug-likeness (QED) is 0.467. The third kappa shape index (κ3) is 5.22. The number of benzene rings is 1. The summed E-state index contributed by atoms with van der Waals surface area (Å²) in [6.07, 6.45) is 6.39. The van der Waals surface area contributed by atoms with Gasteiger partial charge in [-0.15, -0.1) is 0 Å². The molecule has 0 atom stereocenters. The Morgan fingerprint density at radius 2 is 2.18 bits per heavy atom. The maximum Gasteiger partial charge on any atom is 0.244 e. The van der Waals surface area contributed by atoms with Gasteiger partial charge >= 0.3 is 0 Å². The van der Waals surface area contributed by atoms with Crippen molar-refractivity contribution >= 4 is 24.2 Å². The van der Waals surface area contributed by atoms with Gasteiger partial charge in [0.2, 0.25) is 5.91 Å². The number of amides is 1. The number of carbonyl (C=O) groups excluding carboxylic acids is 1. The van der Waals surface area contributed by atoms with Gasteiger partial charge in [0.1, 0.15) is 0 Å². The first kappa shape index (κ1) is 20.1. The summed E-state index contributed by atoms with van der Waals surface area (Å²) in [4.78, 5) is 12.2. The lowest BCUT2D eigenvalue weighted by Crippen LogP contribution is -2.22. The van der Waals surface area contributed by atoms with Crippen LogP contribution < -0.4 is 14.8 Å². The molecule has 3 rings (SSSR count). The number of ether oxygens (including phenoxy) is 2. The molecule has 1 saturated carbocycles. The lowest BCUT2D eigenvalue weighted by Gasteiger charge is -2.12. The SMILES string of the molecule is CCCOc1ccc(/C=C/C(=O)NCc2n[nH]c(=S)n2C2CC2)cc1OCC. The summed E-state index contributed by atoms with van der Waals surface area (Å²) < 4.78 is 13.9. The van der Waals surface area contributed by atoms with Crippen LogP contribution in [0.4, 0.5) is 0 Å². The van der Waals surface area contributed by atoms with Gasteiger partial charge in [0.15, 0.2) is 22.1 Å². The van der Waals surface area contributed by atoms with Crippen LogP contribution in [-0.4, -0.2) is 33.9 Å². The van der Waals surface area contributed by atoms with E-state index in [0.717, 1.165) is 30.7 Å². The van der Waals surface area contributed by atoms with E-state index in [1.807, 2.05) is 29.7 Å². The van der Waals surface area contributed by atoms with Gasteiger partial charge in [-0.1, -0.05) is 13.0 Å². The van der Waals surface area contributed by atoms with Gasteiger partial charge in [-0.25, -0.2) is 0 Å². The zero-order valence-corrected chi connectivity index (χ0v) is 17.1. The number of aromatic amines is 1. The molecular formula is C20H26N4O3S. The highest BCUT2D eigenvalue weighted by Gasteiger charge is 2.27. The monoisotopic (exact) mass is 402 g/mol. The average molecular weight is 403 g/mol. The molecule has 1 heterocycles. The maximum absolute atomic E-state index is 12.2. The lowest BCUT2D eigenvalue weighted by atomic mass is 10.2. The summed E-state index contributed by atoms with van der Waals surface area (Å²) in [6, 6.07) is 6.05. The van der Waals surface area contributed by atoms with Crippen molar-refractivity contribution in [3.8, 4) is 11.5 Å². The molecule has 1 amide bonds. The smallest absolute Gasteiger partial charge is 0.244 e. The number of hydrogen-bond donors (Lipinski definition) is 2. The van der Waals surface area contributed by atoms with Crippen molar-refractivity contribution in [2.45, 2.75) is 45.7 Å². The second-order valence-electron chi connectivity index (χ2n) is 6.58. The van der Waals surface area contributed by atoms with E-state index in [2.05, 4.69) is 22.4 Å². The van der Waals surface area contributed by atoms with Crippen molar-refractivity contribution in [2.24, 2.45) is 0 Å². The summed E-state index contributed by atoms with van der Waals surface area (Å²) in [5.74, 6) is 1.96.